The van der Waals surface area contributed by atoms with Crippen molar-refractivity contribution in [1.29, 1.82) is 0 Å². The van der Waals surface area contributed by atoms with Crippen molar-refractivity contribution in [1.82, 2.24) is 0 Å². The van der Waals surface area contributed by atoms with Gasteiger partial charge >= 0.3 is 0 Å². The zero-order valence-electron chi connectivity index (χ0n) is 13.1. The van der Waals surface area contributed by atoms with Crippen LogP contribution in [0.5, 0.6) is 5.75 Å². The highest BCUT2D eigenvalue weighted by molar-refractivity contribution is 5.85. The van der Waals surface area contributed by atoms with Crippen molar-refractivity contribution in [3.63, 3.8) is 0 Å². The fourth-order valence-electron chi connectivity index (χ4n) is 2.25. The molecule has 0 aromatic heterocycles. The Morgan fingerprint density at radius 2 is 1.77 bits per heavy atom. The molecule has 4 heteroatoms. The molecule has 1 amide bonds. The molecule has 0 saturated heterocycles. The molecule has 0 aliphatic rings. The second-order valence-corrected chi connectivity index (χ2v) is 5.36. The highest BCUT2D eigenvalue weighted by Crippen LogP contribution is 2.28. The van der Waals surface area contributed by atoms with Gasteiger partial charge in [-0.3, -0.25) is 4.79 Å². The SMILES string of the molecule is COC(C)(C(N)=O)c1ccccc1COc1ccc(C)cc1. The van der Waals surface area contributed by atoms with Crippen molar-refractivity contribution in [2.75, 3.05) is 7.11 Å². The van der Waals surface area contributed by atoms with E-state index in [2.05, 4.69) is 0 Å². The van der Waals surface area contributed by atoms with Gasteiger partial charge in [-0.15, -0.1) is 0 Å². The third kappa shape index (κ3) is 3.28. The molecular weight excluding hydrogens is 278 g/mol. The molecule has 2 N–H and O–H groups in total. The number of benzene rings is 2. The predicted octanol–water partition coefficient (Wildman–Crippen LogP) is 2.92. The molecule has 0 fully saturated rings. The average molecular weight is 299 g/mol. The average Bonchev–Trinajstić information content (AvgIpc) is 2.53. The van der Waals surface area contributed by atoms with Crippen LogP contribution < -0.4 is 10.5 Å². The summed E-state index contributed by atoms with van der Waals surface area (Å²) in [6.07, 6.45) is 0. The third-order valence-electron chi connectivity index (χ3n) is 3.83. The standard InChI is InChI=1S/C18H21NO3/c1-13-8-10-15(11-9-13)22-12-14-6-4-5-7-16(14)18(2,21-3)17(19)20/h4-11H,12H2,1-3H3,(H2,19,20). The Balaban J connectivity index is 2.25. The maximum Gasteiger partial charge on any atom is 0.254 e. The number of aryl methyl sites for hydroxylation is 1. The molecular formula is C18H21NO3. The molecule has 0 saturated carbocycles. The highest BCUT2D eigenvalue weighted by atomic mass is 16.5. The number of ether oxygens (including phenoxy) is 2. The maximum absolute atomic E-state index is 11.8. The van der Waals surface area contributed by atoms with Crippen LogP contribution in [0.3, 0.4) is 0 Å². The summed E-state index contributed by atoms with van der Waals surface area (Å²) in [5.74, 6) is 0.247. The zero-order chi connectivity index (χ0) is 16.2. The second-order valence-electron chi connectivity index (χ2n) is 5.36. The monoisotopic (exact) mass is 299 g/mol. The van der Waals surface area contributed by atoms with Gasteiger partial charge in [0.05, 0.1) is 0 Å². The first-order valence-corrected chi connectivity index (χ1v) is 7.10. The largest absolute Gasteiger partial charge is 0.489 e. The first-order valence-electron chi connectivity index (χ1n) is 7.10. The van der Waals surface area contributed by atoms with Crippen molar-refractivity contribution in [2.45, 2.75) is 26.1 Å². The molecule has 0 spiro atoms. The minimum Gasteiger partial charge on any atom is -0.489 e. The van der Waals surface area contributed by atoms with Crippen LogP contribution in [-0.2, 0) is 21.7 Å². The Labute approximate surface area is 130 Å². The lowest BCUT2D eigenvalue weighted by molar-refractivity contribution is -0.139. The fourth-order valence-corrected chi connectivity index (χ4v) is 2.25. The van der Waals surface area contributed by atoms with Crippen LogP contribution in [0.15, 0.2) is 48.5 Å². The summed E-state index contributed by atoms with van der Waals surface area (Å²) < 4.78 is 11.2. The third-order valence-corrected chi connectivity index (χ3v) is 3.83. The number of nitrogens with two attached hydrogens (primary N) is 1. The van der Waals surface area contributed by atoms with Gasteiger partial charge in [-0.2, -0.15) is 0 Å². The Morgan fingerprint density at radius 1 is 1.14 bits per heavy atom. The van der Waals surface area contributed by atoms with Gasteiger partial charge in [0, 0.05) is 7.11 Å². The number of amides is 1. The zero-order valence-corrected chi connectivity index (χ0v) is 13.1. The van der Waals surface area contributed by atoms with E-state index in [1.807, 2.05) is 55.5 Å². The van der Waals surface area contributed by atoms with E-state index in [9.17, 15) is 4.79 Å². The molecule has 2 aromatic carbocycles. The lowest BCUT2D eigenvalue weighted by atomic mass is 9.91. The summed E-state index contributed by atoms with van der Waals surface area (Å²) in [4.78, 5) is 11.8. The number of hydrogen-bond donors (Lipinski definition) is 1. The van der Waals surface area contributed by atoms with E-state index < -0.39 is 11.5 Å². The van der Waals surface area contributed by atoms with Crippen molar-refractivity contribution in [3.8, 4) is 5.75 Å². The van der Waals surface area contributed by atoms with Gasteiger partial charge in [0.1, 0.15) is 12.4 Å². The lowest BCUT2D eigenvalue weighted by Crippen LogP contribution is -2.41. The van der Waals surface area contributed by atoms with Crippen LogP contribution in [-0.4, -0.2) is 13.0 Å². The summed E-state index contributed by atoms with van der Waals surface area (Å²) >= 11 is 0. The number of carbonyl (C=O) groups excluding carboxylic acids is 1. The van der Waals surface area contributed by atoms with Crippen LogP contribution in [0.2, 0.25) is 0 Å². The fraction of sp³-hybridized carbons (Fsp3) is 0.278. The van der Waals surface area contributed by atoms with Crippen molar-refractivity contribution in [2.24, 2.45) is 5.73 Å². The molecule has 1 atom stereocenters. The summed E-state index contributed by atoms with van der Waals surface area (Å²) in [6, 6.07) is 15.3. The molecule has 2 aromatic rings. The molecule has 0 bridgehead atoms. The van der Waals surface area contributed by atoms with Gasteiger partial charge in [-0.25, -0.2) is 0 Å². The summed E-state index contributed by atoms with van der Waals surface area (Å²) in [7, 11) is 1.47. The molecule has 0 aliphatic carbocycles. The molecule has 0 radical (unpaired) electrons. The van der Waals surface area contributed by atoms with Crippen molar-refractivity contribution in [3.05, 3.63) is 65.2 Å². The lowest BCUT2D eigenvalue weighted by Gasteiger charge is -2.27. The normalized spacial score (nSPS) is 13.4. The number of hydrogen-bond acceptors (Lipinski definition) is 3. The molecule has 0 aliphatic heterocycles. The molecule has 0 heterocycles. The highest BCUT2D eigenvalue weighted by Gasteiger charge is 2.35. The van der Waals surface area contributed by atoms with Crippen molar-refractivity contribution >= 4 is 5.91 Å². The molecule has 116 valence electrons. The minimum atomic E-state index is -1.17. The van der Waals surface area contributed by atoms with Gasteiger partial charge in [0.2, 0.25) is 0 Å². The van der Waals surface area contributed by atoms with E-state index in [-0.39, 0.29) is 0 Å². The Bertz CT molecular complexity index is 652. The van der Waals surface area contributed by atoms with Gasteiger partial charge < -0.3 is 15.2 Å². The minimum absolute atomic E-state index is 0.339. The number of rotatable bonds is 6. The summed E-state index contributed by atoms with van der Waals surface area (Å²) in [6.45, 7) is 4.03. The van der Waals surface area contributed by atoms with Crippen LogP contribution in [0.1, 0.15) is 23.6 Å². The number of primary amides is 1. The van der Waals surface area contributed by atoms with Crippen LogP contribution >= 0.6 is 0 Å². The van der Waals surface area contributed by atoms with E-state index in [1.165, 1.54) is 12.7 Å². The van der Waals surface area contributed by atoms with Gasteiger partial charge in [0.15, 0.2) is 5.60 Å². The molecule has 22 heavy (non-hydrogen) atoms. The van der Waals surface area contributed by atoms with E-state index >= 15 is 0 Å². The first kappa shape index (κ1) is 16.0. The smallest absolute Gasteiger partial charge is 0.254 e. The second kappa shape index (κ2) is 6.62. The Hall–Kier alpha value is -2.33. The van der Waals surface area contributed by atoms with E-state index in [0.29, 0.717) is 6.61 Å². The maximum atomic E-state index is 11.8. The van der Waals surface area contributed by atoms with Crippen LogP contribution in [0.4, 0.5) is 0 Å². The topological polar surface area (TPSA) is 61.5 Å². The summed E-state index contributed by atoms with van der Waals surface area (Å²) in [5.41, 5.74) is 7.09. The molecule has 2 rings (SSSR count). The van der Waals surface area contributed by atoms with E-state index in [4.69, 9.17) is 15.2 Å². The van der Waals surface area contributed by atoms with Gasteiger partial charge in [0.25, 0.3) is 5.91 Å². The van der Waals surface area contributed by atoms with Gasteiger partial charge in [-0.1, -0.05) is 42.0 Å². The van der Waals surface area contributed by atoms with E-state index in [0.717, 1.165) is 16.9 Å². The Morgan fingerprint density at radius 3 is 2.36 bits per heavy atom. The summed E-state index contributed by atoms with van der Waals surface area (Å²) in [5, 5.41) is 0. The van der Waals surface area contributed by atoms with Crippen LogP contribution in [0, 0.1) is 6.92 Å². The first-order chi connectivity index (χ1) is 10.5. The number of methoxy groups -OCH3 is 1. The van der Waals surface area contributed by atoms with Gasteiger partial charge in [-0.05, 0) is 37.1 Å². The number of carbonyl (C=O) groups is 1. The predicted molar refractivity (Wildman–Crippen MR) is 85.5 cm³/mol. The molecule has 4 nitrogen and oxygen atoms in total. The van der Waals surface area contributed by atoms with Crippen molar-refractivity contribution < 1.29 is 14.3 Å². The molecule has 1 unspecified atom stereocenters. The quantitative estimate of drug-likeness (QED) is 0.892. The van der Waals surface area contributed by atoms with E-state index in [1.54, 1.807) is 6.92 Å². The Kier molecular flexibility index (Phi) is 4.83. The van der Waals surface area contributed by atoms with Crippen LogP contribution in [0.25, 0.3) is 0 Å².